The maximum atomic E-state index is 9.87. The average molecular weight is 217 g/mol. The zero-order valence-electron chi connectivity index (χ0n) is 9.65. The van der Waals surface area contributed by atoms with Crippen molar-refractivity contribution in [3.05, 3.63) is 29.3 Å². The van der Waals surface area contributed by atoms with E-state index >= 15 is 0 Å². The molecule has 2 heteroatoms. The lowest BCUT2D eigenvalue weighted by Gasteiger charge is -2.36. The van der Waals surface area contributed by atoms with Gasteiger partial charge in [-0.3, -0.25) is 0 Å². The Morgan fingerprint density at radius 2 is 2.19 bits per heavy atom. The third-order valence-corrected chi connectivity index (χ3v) is 4.03. The van der Waals surface area contributed by atoms with Crippen molar-refractivity contribution in [3.8, 4) is 5.75 Å². The number of hydrogen-bond donors (Lipinski definition) is 1. The third kappa shape index (κ3) is 1.82. The third-order valence-electron chi connectivity index (χ3n) is 4.03. The van der Waals surface area contributed by atoms with Gasteiger partial charge in [0, 0.05) is 6.54 Å². The van der Waals surface area contributed by atoms with Crippen LogP contribution in [0, 0.1) is 5.92 Å². The zero-order chi connectivity index (χ0) is 11.0. The van der Waals surface area contributed by atoms with E-state index in [1.165, 1.54) is 43.6 Å². The maximum Gasteiger partial charge on any atom is 0.119 e. The van der Waals surface area contributed by atoms with Gasteiger partial charge in [0.15, 0.2) is 0 Å². The first-order chi connectivity index (χ1) is 7.83. The summed E-state index contributed by atoms with van der Waals surface area (Å²) in [5.74, 6) is 1.26. The van der Waals surface area contributed by atoms with E-state index in [4.69, 9.17) is 0 Å². The molecule has 0 aromatic heterocycles. The standard InChI is InChI=1S/C14H19NO/c16-14-4-1-3-12-6-5-11(9-13(12)14)10-15-7-2-8-15/h1,3-4,11,16H,2,5-10H2. The molecule has 2 nitrogen and oxygen atoms in total. The summed E-state index contributed by atoms with van der Waals surface area (Å²) in [5, 5.41) is 9.87. The Hall–Kier alpha value is -1.02. The van der Waals surface area contributed by atoms with Crippen LogP contribution in [0.15, 0.2) is 18.2 Å². The molecule has 1 aromatic carbocycles. The van der Waals surface area contributed by atoms with Gasteiger partial charge < -0.3 is 10.0 Å². The van der Waals surface area contributed by atoms with Crippen LogP contribution in [0.1, 0.15) is 24.0 Å². The molecule has 0 spiro atoms. The van der Waals surface area contributed by atoms with Crippen LogP contribution in [0.3, 0.4) is 0 Å². The van der Waals surface area contributed by atoms with Gasteiger partial charge in [0.1, 0.15) is 5.75 Å². The molecule has 3 rings (SSSR count). The molecule has 1 aliphatic heterocycles. The van der Waals surface area contributed by atoms with Crippen molar-refractivity contribution in [1.82, 2.24) is 4.90 Å². The smallest absolute Gasteiger partial charge is 0.119 e. The summed E-state index contributed by atoms with van der Waals surface area (Å²) in [6.45, 7) is 3.79. The van der Waals surface area contributed by atoms with Crippen LogP contribution in [-0.2, 0) is 12.8 Å². The highest BCUT2D eigenvalue weighted by Gasteiger charge is 2.24. The molecule has 1 aliphatic carbocycles. The number of hydrogen-bond acceptors (Lipinski definition) is 2. The monoisotopic (exact) mass is 217 g/mol. The van der Waals surface area contributed by atoms with Gasteiger partial charge in [-0.05, 0) is 61.9 Å². The minimum Gasteiger partial charge on any atom is -0.508 e. The van der Waals surface area contributed by atoms with Gasteiger partial charge in [-0.1, -0.05) is 12.1 Å². The van der Waals surface area contributed by atoms with Gasteiger partial charge in [0.05, 0.1) is 0 Å². The number of aromatic hydroxyl groups is 1. The number of likely N-dealkylation sites (tertiary alicyclic amines) is 1. The van der Waals surface area contributed by atoms with E-state index in [9.17, 15) is 5.11 Å². The van der Waals surface area contributed by atoms with Crippen LogP contribution in [0.2, 0.25) is 0 Å². The molecule has 1 saturated heterocycles. The van der Waals surface area contributed by atoms with E-state index in [0.717, 1.165) is 18.8 Å². The first-order valence-electron chi connectivity index (χ1n) is 6.35. The molecule has 0 saturated carbocycles. The molecule has 0 radical (unpaired) electrons. The first-order valence-corrected chi connectivity index (χ1v) is 6.35. The van der Waals surface area contributed by atoms with E-state index in [-0.39, 0.29) is 0 Å². The van der Waals surface area contributed by atoms with Crippen molar-refractivity contribution in [2.45, 2.75) is 25.7 Å². The van der Waals surface area contributed by atoms with Crippen molar-refractivity contribution in [1.29, 1.82) is 0 Å². The van der Waals surface area contributed by atoms with Gasteiger partial charge in [-0.2, -0.15) is 0 Å². The summed E-state index contributed by atoms with van der Waals surface area (Å²) in [5.41, 5.74) is 2.57. The van der Waals surface area contributed by atoms with E-state index in [0.29, 0.717) is 5.75 Å². The molecular formula is C14H19NO. The second-order valence-corrected chi connectivity index (χ2v) is 5.18. The lowest BCUT2D eigenvalue weighted by Crippen LogP contribution is -2.41. The molecule has 1 N–H and O–H groups in total. The molecule has 86 valence electrons. The van der Waals surface area contributed by atoms with Crippen molar-refractivity contribution in [2.75, 3.05) is 19.6 Å². The van der Waals surface area contributed by atoms with Crippen molar-refractivity contribution >= 4 is 0 Å². The van der Waals surface area contributed by atoms with Crippen LogP contribution < -0.4 is 0 Å². The fourth-order valence-corrected chi connectivity index (χ4v) is 2.93. The Kier molecular flexibility index (Phi) is 2.60. The van der Waals surface area contributed by atoms with Crippen LogP contribution in [0.5, 0.6) is 5.75 Å². The summed E-state index contributed by atoms with van der Waals surface area (Å²) < 4.78 is 0. The second-order valence-electron chi connectivity index (χ2n) is 5.18. The average Bonchev–Trinajstić information content (AvgIpc) is 2.24. The quantitative estimate of drug-likeness (QED) is 0.821. The fourth-order valence-electron chi connectivity index (χ4n) is 2.93. The lowest BCUT2D eigenvalue weighted by molar-refractivity contribution is 0.146. The molecule has 16 heavy (non-hydrogen) atoms. The summed E-state index contributed by atoms with van der Waals surface area (Å²) in [6.07, 6.45) is 4.86. The van der Waals surface area contributed by atoms with Gasteiger partial charge in [-0.15, -0.1) is 0 Å². The van der Waals surface area contributed by atoms with Gasteiger partial charge in [0.2, 0.25) is 0 Å². The zero-order valence-corrected chi connectivity index (χ0v) is 9.65. The molecule has 1 atom stereocenters. The molecule has 0 bridgehead atoms. The Labute approximate surface area is 96.9 Å². The molecule has 0 amide bonds. The number of nitrogens with zero attached hydrogens (tertiary/aromatic N) is 1. The summed E-state index contributed by atoms with van der Waals surface area (Å²) >= 11 is 0. The normalized spacial score (nSPS) is 24.9. The van der Waals surface area contributed by atoms with Crippen LogP contribution in [0.25, 0.3) is 0 Å². The minimum absolute atomic E-state index is 0.505. The van der Waals surface area contributed by atoms with E-state index in [2.05, 4.69) is 11.0 Å². The van der Waals surface area contributed by atoms with Gasteiger partial charge >= 0.3 is 0 Å². The van der Waals surface area contributed by atoms with Crippen LogP contribution in [-0.4, -0.2) is 29.6 Å². The Balaban J connectivity index is 1.72. The van der Waals surface area contributed by atoms with Crippen molar-refractivity contribution in [2.24, 2.45) is 5.92 Å². The van der Waals surface area contributed by atoms with Gasteiger partial charge in [-0.25, -0.2) is 0 Å². The topological polar surface area (TPSA) is 23.5 Å². The van der Waals surface area contributed by atoms with Crippen LogP contribution in [0.4, 0.5) is 0 Å². The summed E-state index contributed by atoms with van der Waals surface area (Å²) in [4.78, 5) is 2.54. The lowest BCUT2D eigenvalue weighted by atomic mass is 9.83. The maximum absolute atomic E-state index is 9.87. The van der Waals surface area contributed by atoms with E-state index < -0.39 is 0 Å². The molecule has 1 unspecified atom stereocenters. The number of phenols is 1. The predicted octanol–water partition coefficient (Wildman–Crippen LogP) is 2.20. The largest absolute Gasteiger partial charge is 0.508 e. The van der Waals surface area contributed by atoms with Crippen molar-refractivity contribution < 1.29 is 5.11 Å². The Morgan fingerprint density at radius 3 is 2.94 bits per heavy atom. The van der Waals surface area contributed by atoms with Crippen LogP contribution >= 0.6 is 0 Å². The van der Waals surface area contributed by atoms with Crippen molar-refractivity contribution in [3.63, 3.8) is 0 Å². The van der Waals surface area contributed by atoms with E-state index in [1.807, 2.05) is 12.1 Å². The predicted molar refractivity (Wildman–Crippen MR) is 64.7 cm³/mol. The highest BCUT2D eigenvalue weighted by atomic mass is 16.3. The van der Waals surface area contributed by atoms with E-state index in [1.54, 1.807) is 0 Å². The van der Waals surface area contributed by atoms with Gasteiger partial charge in [0.25, 0.3) is 0 Å². The minimum atomic E-state index is 0.505. The highest BCUT2D eigenvalue weighted by Crippen LogP contribution is 2.32. The fraction of sp³-hybridized carbons (Fsp3) is 0.571. The number of phenolic OH excluding ortho intramolecular Hbond substituents is 1. The number of rotatable bonds is 2. The first kappa shape index (κ1) is 10.2. The molecule has 1 fully saturated rings. The Bertz CT molecular complexity index is 384. The SMILES string of the molecule is Oc1cccc2c1CC(CN1CCC1)CC2. The molecular weight excluding hydrogens is 198 g/mol. The number of benzene rings is 1. The Morgan fingerprint density at radius 1 is 1.31 bits per heavy atom. The molecule has 1 heterocycles. The number of aryl methyl sites for hydroxylation is 1. The number of fused-ring (bicyclic) bond motifs is 1. The summed E-state index contributed by atoms with van der Waals surface area (Å²) in [6, 6.07) is 5.95. The molecule has 1 aromatic rings. The summed E-state index contributed by atoms with van der Waals surface area (Å²) in [7, 11) is 0. The highest BCUT2D eigenvalue weighted by molar-refractivity contribution is 5.41. The molecule has 2 aliphatic rings. The second kappa shape index (κ2) is 4.10.